The van der Waals surface area contributed by atoms with E-state index < -0.39 is 6.10 Å². The van der Waals surface area contributed by atoms with Gasteiger partial charge in [0.1, 0.15) is 18.1 Å². The number of benzene rings is 2. The summed E-state index contributed by atoms with van der Waals surface area (Å²) in [4.78, 5) is 12.1. The number of halogens is 1. The van der Waals surface area contributed by atoms with Gasteiger partial charge in [0.25, 0.3) is 5.91 Å². The van der Waals surface area contributed by atoms with E-state index >= 15 is 0 Å². The Morgan fingerprint density at radius 1 is 1.16 bits per heavy atom. The highest BCUT2D eigenvalue weighted by Gasteiger charge is 2.15. The second kappa shape index (κ2) is 9.94. The third-order valence-electron chi connectivity index (χ3n) is 3.64. The van der Waals surface area contributed by atoms with Gasteiger partial charge in [0, 0.05) is 0 Å². The van der Waals surface area contributed by atoms with Gasteiger partial charge < -0.3 is 14.8 Å². The van der Waals surface area contributed by atoms with Crippen molar-refractivity contribution >= 4 is 17.5 Å². The Bertz CT molecular complexity index is 673. The van der Waals surface area contributed by atoms with E-state index in [2.05, 4.69) is 24.4 Å². The first-order valence-electron chi connectivity index (χ1n) is 8.50. The summed E-state index contributed by atoms with van der Waals surface area (Å²) >= 11 is 6.02. The molecule has 0 saturated carbocycles. The smallest absolute Gasteiger partial charge is 0.260 e. The minimum atomic E-state index is -0.631. The molecule has 0 fully saturated rings. The lowest BCUT2D eigenvalue weighted by Crippen LogP contribution is -2.38. The lowest BCUT2D eigenvalue weighted by Gasteiger charge is -2.15. The molecule has 0 radical (unpaired) electrons. The molecule has 5 heteroatoms. The van der Waals surface area contributed by atoms with Gasteiger partial charge in [-0.05, 0) is 43.2 Å². The summed E-state index contributed by atoms with van der Waals surface area (Å²) < 4.78 is 11.2. The molecule has 2 aromatic carbocycles. The van der Waals surface area contributed by atoms with Crippen molar-refractivity contribution < 1.29 is 14.3 Å². The first-order valence-corrected chi connectivity index (χ1v) is 8.88. The number of hydrogen-bond donors (Lipinski definition) is 1. The van der Waals surface area contributed by atoms with Crippen LogP contribution < -0.4 is 14.8 Å². The number of amides is 1. The molecular weight excluding hydrogens is 338 g/mol. The molecular formula is C20H24ClNO3. The Morgan fingerprint density at radius 2 is 1.88 bits per heavy atom. The van der Waals surface area contributed by atoms with Crippen molar-refractivity contribution in [3.05, 3.63) is 59.1 Å². The highest BCUT2D eigenvalue weighted by atomic mass is 35.5. The lowest BCUT2D eigenvalue weighted by atomic mass is 10.1. The number of carbonyl (C=O) groups is 1. The number of carbonyl (C=O) groups excluding carboxylic acids is 1. The van der Waals surface area contributed by atoms with Crippen LogP contribution in [0.5, 0.6) is 11.5 Å². The van der Waals surface area contributed by atoms with Crippen LogP contribution in [-0.2, 0) is 11.2 Å². The molecule has 134 valence electrons. The second-order valence-electron chi connectivity index (χ2n) is 5.72. The van der Waals surface area contributed by atoms with Crippen molar-refractivity contribution in [1.29, 1.82) is 0 Å². The summed E-state index contributed by atoms with van der Waals surface area (Å²) in [5.74, 6) is 1.09. The van der Waals surface area contributed by atoms with Crippen LogP contribution in [0.15, 0.2) is 48.5 Å². The van der Waals surface area contributed by atoms with Crippen LogP contribution in [0.4, 0.5) is 0 Å². The molecule has 0 heterocycles. The average Bonchev–Trinajstić information content (AvgIpc) is 2.62. The first kappa shape index (κ1) is 19.1. The normalized spacial score (nSPS) is 11.6. The fraction of sp³-hybridized carbons (Fsp3) is 0.350. The first-order chi connectivity index (χ1) is 12.1. The third-order valence-corrected chi connectivity index (χ3v) is 3.95. The van der Waals surface area contributed by atoms with E-state index in [9.17, 15) is 4.79 Å². The van der Waals surface area contributed by atoms with Crippen LogP contribution in [0.2, 0.25) is 5.02 Å². The van der Waals surface area contributed by atoms with Gasteiger partial charge in [-0.3, -0.25) is 4.79 Å². The molecule has 0 aromatic heterocycles. The molecule has 0 saturated heterocycles. The van der Waals surface area contributed by atoms with Crippen LogP contribution >= 0.6 is 11.6 Å². The number of hydrogen-bond acceptors (Lipinski definition) is 3. The number of rotatable bonds is 9. The monoisotopic (exact) mass is 361 g/mol. The van der Waals surface area contributed by atoms with Crippen molar-refractivity contribution in [3.63, 3.8) is 0 Å². The molecule has 4 nitrogen and oxygen atoms in total. The highest BCUT2D eigenvalue weighted by molar-refractivity contribution is 6.32. The van der Waals surface area contributed by atoms with Crippen molar-refractivity contribution in [2.24, 2.45) is 0 Å². The van der Waals surface area contributed by atoms with E-state index in [-0.39, 0.29) is 5.91 Å². The van der Waals surface area contributed by atoms with Gasteiger partial charge >= 0.3 is 0 Å². The fourth-order valence-corrected chi connectivity index (χ4v) is 2.49. The fourth-order valence-electron chi connectivity index (χ4n) is 2.31. The van der Waals surface area contributed by atoms with Gasteiger partial charge in [0.2, 0.25) is 0 Å². The Labute approximate surface area is 154 Å². The van der Waals surface area contributed by atoms with Crippen molar-refractivity contribution in [1.82, 2.24) is 5.32 Å². The van der Waals surface area contributed by atoms with E-state index in [0.717, 1.165) is 18.6 Å². The number of nitrogens with one attached hydrogen (secondary N) is 1. The van der Waals surface area contributed by atoms with Gasteiger partial charge in [-0.1, -0.05) is 49.2 Å². The van der Waals surface area contributed by atoms with E-state index in [1.807, 2.05) is 24.3 Å². The van der Waals surface area contributed by atoms with Crippen LogP contribution in [0, 0.1) is 0 Å². The molecule has 2 rings (SSSR count). The quantitative estimate of drug-likeness (QED) is 0.679. The standard InChI is InChI=1S/C20H24ClNO3/c1-3-6-16-9-11-17(12-10-16)24-14-13-22-20(23)15(2)25-19-8-5-4-7-18(19)21/h4-5,7-12,15H,3,6,13-14H2,1-2H3,(H,22,23). The number of aryl methyl sites for hydroxylation is 1. The summed E-state index contributed by atoms with van der Waals surface area (Å²) in [6, 6.07) is 15.1. The number of para-hydroxylation sites is 1. The molecule has 0 bridgehead atoms. The highest BCUT2D eigenvalue weighted by Crippen LogP contribution is 2.24. The van der Waals surface area contributed by atoms with Gasteiger partial charge in [0.15, 0.2) is 6.10 Å². The van der Waals surface area contributed by atoms with Crippen molar-refractivity contribution in [2.75, 3.05) is 13.2 Å². The maximum atomic E-state index is 12.1. The minimum Gasteiger partial charge on any atom is -0.492 e. The maximum Gasteiger partial charge on any atom is 0.260 e. The largest absolute Gasteiger partial charge is 0.492 e. The zero-order valence-corrected chi connectivity index (χ0v) is 15.4. The van der Waals surface area contributed by atoms with Gasteiger partial charge in [-0.25, -0.2) is 0 Å². The van der Waals surface area contributed by atoms with Crippen molar-refractivity contribution in [2.45, 2.75) is 32.8 Å². The van der Waals surface area contributed by atoms with Crippen molar-refractivity contribution in [3.8, 4) is 11.5 Å². The Hall–Kier alpha value is -2.20. The van der Waals surface area contributed by atoms with E-state index in [0.29, 0.717) is 23.9 Å². The van der Waals surface area contributed by atoms with Gasteiger partial charge in [0.05, 0.1) is 11.6 Å². The molecule has 1 N–H and O–H groups in total. The van der Waals surface area contributed by atoms with Crippen LogP contribution in [0.25, 0.3) is 0 Å². The summed E-state index contributed by atoms with van der Waals surface area (Å²) in [5.41, 5.74) is 1.30. The molecule has 0 aliphatic heterocycles. The zero-order valence-electron chi connectivity index (χ0n) is 14.6. The second-order valence-corrected chi connectivity index (χ2v) is 6.13. The number of ether oxygens (including phenoxy) is 2. The molecule has 1 atom stereocenters. The predicted octanol–water partition coefficient (Wildman–Crippen LogP) is 4.26. The molecule has 25 heavy (non-hydrogen) atoms. The zero-order chi connectivity index (χ0) is 18.1. The molecule has 0 spiro atoms. The molecule has 1 unspecified atom stereocenters. The van der Waals surface area contributed by atoms with Gasteiger partial charge in [-0.15, -0.1) is 0 Å². The van der Waals surface area contributed by atoms with Gasteiger partial charge in [-0.2, -0.15) is 0 Å². The lowest BCUT2D eigenvalue weighted by molar-refractivity contribution is -0.127. The molecule has 0 aliphatic rings. The van der Waals surface area contributed by atoms with E-state index in [4.69, 9.17) is 21.1 Å². The summed E-state index contributed by atoms with van der Waals surface area (Å²) in [6.45, 7) is 4.65. The summed E-state index contributed by atoms with van der Waals surface area (Å²) in [5, 5.41) is 3.28. The predicted molar refractivity (Wildman–Crippen MR) is 100 cm³/mol. The Balaban J connectivity index is 1.70. The summed E-state index contributed by atoms with van der Waals surface area (Å²) in [7, 11) is 0. The third kappa shape index (κ3) is 6.31. The van der Waals surface area contributed by atoms with E-state index in [1.165, 1.54) is 5.56 Å². The van der Waals surface area contributed by atoms with E-state index in [1.54, 1.807) is 19.1 Å². The molecule has 1 amide bonds. The average molecular weight is 362 g/mol. The maximum absolute atomic E-state index is 12.1. The minimum absolute atomic E-state index is 0.207. The van der Waals surface area contributed by atoms with Crippen LogP contribution in [0.1, 0.15) is 25.8 Å². The summed E-state index contributed by atoms with van der Waals surface area (Å²) in [6.07, 6.45) is 1.56. The Kier molecular flexibility index (Phi) is 7.61. The Morgan fingerprint density at radius 3 is 2.56 bits per heavy atom. The SMILES string of the molecule is CCCc1ccc(OCCNC(=O)C(C)Oc2ccccc2Cl)cc1. The molecule has 2 aromatic rings. The van der Waals surface area contributed by atoms with Crippen LogP contribution in [0.3, 0.4) is 0 Å². The topological polar surface area (TPSA) is 47.6 Å². The molecule has 0 aliphatic carbocycles. The van der Waals surface area contributed by atoms with Crippen LogP contribution in [-0.4, -0.2) is 25.2 Å².